The molecule has 3 rings (SSSR count). The predicted molar refractivity (Wildman–Crippen MR) is 106 cm³/mol. The van der Waals surface area contributed by atoms with Crippen molar-refractivity contribution in [2.45, 2.75) is 0 Å². The first-order chi connectivity index (χ1) is 12.2. The molecule has 0 bridgehead atoms. The average molecular weight is 350 g/mol. The first-order valence-corrected chi connectivity index (χ1v) is 8.24. The van der Waals surface area contributed by atoms with Gasteiger partial charge in [0, 0.05) is 18.5 Å². The first kappa shape index (κ1) is 16.9. The largest absolute Gasteiger partial charge is 0.473 e. The maximum atomic E-state index is 5.93. The number of nitrogens with zero attached hydrogens (tertiary/aromatic N) is 2. The third-order valence-corrected chi connectivity index (χ3v) is 3.98. The molecule has 25 heavy (non-hydrogen) atoms. The molecule has 0 radical (unpaired) electrons. The molecule has 0 unspecified atom stereocenters. The normalized spacial score (nSPS) is 10.3. The lowest BCUT2D eigenvalue weighted by atomic mass is 10.1. The minimum atomic E-state index is 0.310. The van der Waals surface area contributed by atoms with Crippen molar-refractivity contribution in [3.8, 4) is 11.6 Å². The van der Waals surface area contributed by atoms with Gasteiger partial charge in [0.25, 0.3) is 5.17 Å². The van der Waals surface area contributed by atoms with Gasteiger partial charge >= 0.3 is 0 Å². The number of hydrogen-bond acceptors (Lipinski definition) is 4. The molecule has 0 fully saturated rings. The van der Waals surface area contributed by atoms with E-state index in [1.165, 1.54) is 0 Å². The van der Waals surface area contributed by atoms with Crippen LogP contribution in [0.3, 0.4) is 0 Å². The maximum absolute atomic E-state index is 5.93. The van der Waals surface area contributed by atoms with Gasteiger partial charge in [-0.3, -0.25) is 4.90 Å². The van der Waals surface area contributed by atoms with Gasteiger partial charge in [0.1, 0.15) is 18.2 Å². The molecule has 0 saturated carbocycles. The third kappa shape index (κ3) is 3.95. The number of aromatic nitrogens is 1. The molecule has 0 atom stereocenters. The highest BCUT2D eigenvalue weighted by Crippen LogP contribution is 2.26. The summed E-state index contributed by atoms with van der Waals surface area (Å²) in [6, 6.07) is 19.4. The van der Waals surface area contributed by atoms with E-state index >= 15 is 0 Å². The highest BCUT2D eigenvalue weighted by Gasteiger charge is 2.13. The molecule has 0 N–H and O–H groups in total. The van der Waals surface area contributed by atoms with E-state index in [1.807, 2.05) is 61.6 Å². The van der Waals surface area contributed by atoms with Crippen LogP contribution in [0.25, 0.3) is 10.8 Å². The topological polar surface area (TPSA) is 34.6 Å². The number of ether oxygens (including phenoxy) is 2. The maximum Gasteiger partial charge on any atom is 0.270 e. The Labute approximate surface area is 152 Å². The molecule has 1 heterocycles. The van der Waals surface area contributed by atoms with Crippen LogP contribution in [0.15, 0.2) is 73.3 Å². The number of benzene rings is 2. The minimum absolute atomic E-state index is 0.310. The van der Waals surface area contributed by atoms with E-state index in [0.29, 0.717) is 29.2 Å². The van der Waals surface area contributed by atoms with Gasteiger partial charge in [-0.2, -0.15) is 4.98 Å². The zero-order valence-electron chi connectivity index (χ0n) is 13.9. The van der Waals surface area contributed by atoms with Gasteiger partial charge in [-0.1, -0.05) is 55.1 Å². The summed E-state index contributed by atoms with van der Waals surface area (Å²) in [5.74, 6) is 1.87. The summed E-state index contributed by atoms with van der Waals surface area (Å²) in [6.07, 6.45) is 1.67. The Balaban J connectivity index is 1.79. The molecule has 0 aliphatic rings. The molecule has 1 aromatic heterocycles. The van der Waals surface area contributed by atoms with Crippen LogP contribution in [0.5, 0.6) is 11.6 Å². The lowest BCUT2D eigenvalue weighted by Crippen LogP contribution is -2.30. The van der Waals surface area contributed by atoms with Gasteiger partial charge in [-0.25, -0.2) is 0 Å². The van der Waals surface area contributed by atoms with Crippen molar-refractivity contribution in [2.75, 3.05) is 18.6 Å². The summed E-state index contributed by atoms with van der Waals surface area (Å²) in [5, 5.41) is 2.42. The number of pyridine rings is 1. The Morgan fingerprint density at radius 3 is 2.72 bits per heavy atom. The molecular weight excluding hydrogens is 332 g/mol. The van der Waals surface area contributed by atoms with E-state index in [9.17, 15) is 0 Å². The summed E-state index contributed by atoms with van der Waals surface area (Å²) < 4.78 is 11.4. The SMILES string of the molecule is C=CCOc1cccc(N(C)C(=S)Oc2cccc3ccccc23)n1. The zero-order chi connectivity index (χ0) is 17.6. The number of fused-ring (bicyclic) bond motifs is 1. The zero-order valence-corrected chi connectivity index (χ0v) is 14.7. The number of rotatable bonds is 5. The molecule has 0 saturated heterocycles. The lowest BCUT2D eigenvalue weighted by Gasteiger charge is -2.20. The second-order valence-electron chi connectivity index (χ2n) is 5.34. The standard InChI is InChI=1S/C20H18N2O2S/c1-3-14-23-19-13-7-12-18(21-19)22(2)20(25)24-17-11-6-9-15-8-4-5-10-16(15)17/h3-13H,1,14H2,2H3. The van der Waals surface area contributed by atoms with Gasteiger partial charge in [0.05, 0.1) is 0 Å². The molecule has 0 amide bonds. The van der Waals surface area contributed by atoms with Crippen LogP contribution in [0.2, 0.25) is 0 Å². The smallest absolute Gasteiger partial charge is 0.270 e. The lowest BCUT2D eigenvalue weighted by molar-refractivity contribution is 0.349. The average Bonchev–Trinajstić information content (AvgIpc) is 2.66. The number of thiocarbonyl (C=S) groups is 1. The van der Waals surface area contributed by atoms with Gasteiger partial charge in [0.2, 0.25) is 5.88 Å². The van der Waals surface area contributed by atoms with Crippen LogP contribution in [0.1, 0.15) is 0 Å². The fraction of sp³-hybridized carbons (Fsp3) is 0.100. The first-order valence-electron chi connectivity index (χ1n) is 7.83. The fourth-order valence-corrected chi connectivity index (χ4v) is 2.54. The van der Waals surface area contributed by atoms with E-state index in [1.54, 1.807) is 17.0 Å². The van der Waals surface area contributed by atoms with Gasteiger partial charge in [-0.15, -0.1) is 0 Å². The molecule has 5 heteroatoms. The Bertz CT molecular complexity index is 906. The van der Waals surface area contributed by atoms with Crippen LogP contribution in [0, 0.1) is 0 Å². The van der Waals surface area contributed by atoms with Crippen molar-refractivity contribution in [2.24, 2.45) is 0 Å². The summed E-state index contributed by atoms with van der Waals surface area (Å²) >= 11 is 5.44. The van der Waals surface area contributed by atoms with Crippen molar-refractivity contribution >= 4 is 34.0 Å². The molecule has 0 spiro atoms. The highest BCUT2D eigenvalue weighted by molar-refractivity contribution is 7.80. The van der Waals surface area contributed by atoms with Crippen molar-refractivity contribution in [3.63, 3.8) is 0 Å². The summed E-state index contributed by atoms with van der Waals surface area (Å²) in [6.45, 7) is 4.03. The van der Waals surface area contributed by atoms with Crippen molar-refractivity contribution in [3.05, 3.63) is 73.3 Å². The molecule has 0 aliphatic carbocycles. The molecule has 4 nitrogen and oxygen atoms in total. The van der Waals surface area contributed by atoms with Crippen LogP contribution >= 0.6 is 12.2 Å². The van der Waals surface area contributed by atoms with Crippen molar-refractivity contribution < 1.29 is 9.47 Å². The van der Waals surface area contributed by atoms with E-state index in [2.05, 4.69) is 11.6 Å². The second kappa shape index (κ2) is 7.77. The van der Waals surface area contributed by atoms with E-state index in [-0.39, 0.29) is 0 Å². The van der Waals surface area contributed by atoms with Crippen LogP contribution in [-0.4, -0.2) is 23.8 Å². The summed E-state index contributed by atoms with van der Waals surface area (Å²) in [4.78, 5) is 6.13. The van der Waals surface area contributed by atoms with Crippen LogP contribution in [-0.2, 0) is 0 Å². The van der Waals surface area contributed by atoms with Crippen LogP contribution in [0.4, 0.5) is 5.82 Å². The van der Waals surface area contributed by atoms with Gasteiger partial charge in [0.15, 0.2) is 0 Å². The fourth-order valence-electron chi connectivity index (χ4n) is 2.36. The van der Waals surface area contributed by atoms with E-state index < -0.39 is 0 Å². The molecule has 3 aromatic rings. The molecule has 126 valence electrons. The van der Waals surface area contributed by atoms with Crippen LogP contribution < -0.4 is 14.4 Å². The monoisotopic (exact) mass is 350 g/mol. The predicted octanol–water partition coefficient (Wildman–Crippen LogP) is 4.60. The minimum Gasteiger partial charge on any atom is -0.473 e. The number of hydrogen-bond donors (Lipinski definition) is 0. The Morgan fingerprint density at radius 1 is 1.12 bits per heavy atom. The van der Waals surface area contributed by atoms with Gasteiger partial charge in [-0.05, 0) is 29.7 Å². The summed E-state index contributed by atoms with van der Waals surface area (Å²) in [5.41, 5.74) is 0. The van der Waals surface area contributed by atoms with Crippen molar-refractivity contribution in [1.29, 1.82) is 0 Å². The van der Waals surface area contributed by atoms with E-state index in [0.717, 1.165) is 10.8 Å². The number of anilines is 1. The summed E-state index contributed by atoms with van der Waals surface area (Å²) in [7, 11) is 1.81. The molecular formula is C20H18N2O2S. The Morgan fingerprint density at radius 2 is 1.88 bits per heavy atom. The van der Waals surface area contributed by atoms with Crippen molar-refractivity contribution in [1.82, 2.24) is 4.98 Å². The molecule has 2 aromatic carbocycles. The second-order valence-corrected chi connectivity index (χ2v) is 5.69. The molecule has 0 aliphatic heterocycles. The van der Waals surface area contributed by atoms with E-state index in [4.69, 9.17) is 21.7 Å². The Kier molecular flexibility index (Phi) is 5.26. The third-order valence-electron chi connectivity index (χ3n) is 3.62. The Hall–Kier alpha value is -2.92. The quantitative estimate of drug-likeness (QED) is 0.496. The highest BCUT2D eigenvalue weighted by atomic mass is 32.1. The van der Waals surface area contributed by atoms with Gasteiger partial charge < -0.3 is 9.47 Å².